The van der Waals surface area contributed by atoms with E-state index in [0.29, 0.717) is 12.5 Å². The lowest BCUT2D eigenvalue weighted by molar-refractivity contribution is 0.0945. The van der Waals surface area contributed by atoms with E-state index in [1.807, 2.05) is 12.1 Å². The maximum absolute atomic E-state index is 12.1. The van der Waals surface area contributed by atoms with Gasteiger partial charge in [0.2, 0.25) is 0 Å². The van der Waals surface area contributed by atoms with Gasteiger partial charge in [-0.05, 0) is 36.8 Å². The van der Waals surface area contributed by atoms with Gasteiger partial charge in [-0.1, -0.05) is 31.6 Å². The third-order valence-electron chi connectivity index (χ3n) is 3.74. The highest BCUT2D eigenvalue weighted by Crippen LogP contribution is 2.28. The quantitative estimate of drug-likeness (QED) is 0.841. The fraction of sp³-hybridized carbons (Fsp3) is 0.562. The van der Waals surface area contributed by atoms with Gasteiger partial charge in [0.15, 0.2) is 0 Å². The summed E-state index contributed by atoms with van der Waals surface area (Å²) in [7, 11) is 0. The van der Waals surface area contributed by atoms with E-state index in [-0.39, 0.29) is 5.91 Å². The minimum absolute atomic E-state index is 0.0222. The largest absolute Gasteiger partial charge is 0.351 e. The fourth-order valence-corrected chi connectivity index (χ4v) is 3.53. The predicted octanol–water partition coefficient (Wildman–Crippen LogP) is 2.61. The molecule has 0 saturated heterocycles. The Labute approximate surface area is 124 Å². The Bertz CT molecular complexity index is 512. The number of amides is 1. The number of carbonyl (C=O) groups is 1. The molecule has 1 heterocycles. The van der Waals surface area contributed by atoms with Crippen LogP contribution in [0.1, 0.15) is 47.2 Å². The third kappa shape index (κ3) is 4.36. The molecule has 1 aromatic heterocycles. The maximum Gasteiger partial charge on any atom is 0.261 e. The van der Waals surface area contributed by atoms with Crippen molar-refractivity contribution in [3.63, 3.8) is 0 Å². The molecule has 0 aromatic carbocycles. The highest BCUT2D eigenvalue weighted by atomic mass is 32.1. The summed E-state index contributed by atoms with van der Waals surface area (Å²) < 4.78 is 0. The highest BCUT2D eigenvalue weighted by Gasteiger charge is 2.19. The number of rotatable bonds is 3. The molecule has 4 heteroatoms. The van der Waals surface area contributed by atoms with E-state index in [4.69, 9.17) is 5.73 Å². The molecule has 0 radical (unpaired) electrons. The number of hydrogen-bond acceptors (Lipinski definition) is 3. The van der Waals surface area contributed by atoms with Crippen molar-refractivity contribution in [3.8, 4) is 11.8 Å². The first-order valence-electron chi connectivity index (χ1n) is 7.26. The third-order valence-corrected chi connectivity index (χ3v) is 4.74. The summed E-state index contributed by atoms with van der Waals surface area (Å²) >= 11 is 1.43. The lowest BCUT2D eigenvalue weighted by atomic mass is 9.82. The van der Waals surface area contributed by atoms with Crippen LogP contribution >= 0.6 is 11.3 Å². The molecule has 0 bridgehead atoms. The first kappa shape index (κ1) is 15.1. The summed E-state index contributed by atoms with van der Waals surface area (Å²) in [4.78, 5) is 13.7. The molecule has 1 saturated carbocycles. The number of thiophene rings is 1. The molecule has 2 atom stereocenters. The first-order valence-corrected chi connectivity index (χ1v) is 8.07. The normalized spacial score (nSPS) is 21.9. The molecule has 3 nitrogen and oxygen atoms in total. The van der Waals surface area contributed by atoms with Gasteiger partial charge in [0.25, 0.3) is 5.91 Å². The van der Waals surface area contributed by atoms with Gasteiger partial charge in [-0.2, -0.15) is 0 Å². The van der Waals surface area contributed by atoms with Crippen LogP contribution in [0.5, 0.6) is 0 Å². The second-order valence-electron chi connectivity index (χ2n) is 5.52. The summed E-state index contributed by atoms with van der Waals surface area (Å²) in [6.07, 6.45) is 5.10. The molecule has 1 fully saturated rings. The van der Waals surface area contributed by atoms with Crippen molar-refractivity contribution in [2.24, 2.45) is 17.6 Å². The molecule has 20 heavy (non-hydrogen) atoms. The SMILES string of the molecule is CC1CCCC(CNC(=O)c2ccc(C#CCN)s2)C1. The summed E-state index contributed by atoms with van der Waals surface area (Å²) in [6.45, 7) is 3.44. The minimum Gasteiger partial charge on any atom is -0.351 e. The predicted molar refractivity (Wildman–Crippen MR) is 83.7 cm³/mol. The topological polar surface area (TPSA) is 55.1 Å². The molecule has 0 spiro atoms. The monoisotopic (exact) mass is 290 g/mol. The Morgan fingerprint density at radius 3 is 3.10 bits per heavy atom. The molecular formula is C16H22N2OS. The molecule has 1 aliphatic carbocycles. The molecule has 2 rings (SSSR count). The zero-order valence-electron chi connectivity index (χ0n) is 11.9. The zero-order valence-corrected chi connectivity index (χ0v) is 12.8. The molecule has 1 amide bonds. The molecule has 2 unspecified atom stereocenters. The maximum atomic E-state index is 12.1. The number of carbonyl (C=O) groups excluding carboxylic acids is 1. The Hall–Kier alpha value is -1.31. The van der Waals surface area contributed by atoms with Crippen molar-refractivity contribution in [1.29, 1.82) is 0 Å². The lowest BCUT2D eigenvalue weighted by Gasteiger charge is -2.26. The molecule has 1 aliphatic rings. The van der Waals surface area contributed by atoms with Crippen LogP contribution < -0.4 is 11.1 Å². The van der Waals surface area contributed by atoms with Gasteiger partial charge >= 0.3 is 0 Å². The Morgan fingerprint density at radius 1 is 1.50 bits per heavy atom. The van der Waals surface area contributed by atoms with Gasteiger partial charge in [0.1, 0.15) is 0 Å². The molecule has 0 aliphatic heterocycles. The van der Waals surface area contributed by atoms with Crippen molar-refractivity contribution in [3.05, 3.63) is 21.9 Å². The summed E-state index contributed by atoms with van der Waals surface area (Å²) in [5, 5.41) is 3.06. The van der Waals surface area contributed by atoms with Gasteiger partial charge in [-0.25, -0.2) is 0 Å². The van der Waals surface area contributed by atoms with Gasteiger partial charge < -0.3 is 11.1 Å². The summed E-state index contributed by atoms with van der Waals surface area (Å²) in [5.74, 6) is 7.21. The molecule has 108 valence electrons. The summed E-state index contributed by atoms with van der Waals surface area (Å²) in [6, 6.07) is 3.72. The Morgan fingerprint density at radius 2 is 2.35 bits per heavy atom. The lowest BCUT2D eigenvalue weighted by Crippen LogP contribution is -2.31. The van der Waals surface area contributed by atoms with E-state index >= 15 is 0 Å². The standard InChI is InChI=1S/C16H22N2OS/c1-12-4-2-5-13(10-12)11-18-16(19)15-8-7-14(20-15)6-3-9-17/h7-8,12-13H,2,4-5,9-11,17H2,1H3,(H,18,19). The second kappa shape index (κ2) is 7.47. The van der Waals surface area contributed by atoms with Crippen LogP contribution in [-0.2, 0) is 0 Å². The minimum atomic E-state index is 0.0222. The average molecular weight is 290 g/mol. The highest BCUT2D eigenvalue weighted by molar-refractivity contribution is 7.14. The van der Waals surface area contributed by atoms with Crippen molar-refractivity contribution in [1.82, 2.24) is 5.32 Å². The smallest absolute Gasteiger partial charge is 0.261 e. The molecule has 1 aromatic rings. The van der Waals surface area contributed by atoms with E-state index in [9.17, 15) is 4.79 Å². The van der Waals surface area contributed by atoms with Crippen LogP contribution in [-0.4, -0.2) is 19.0 Å². The van der Waals surface area contributed by atoms with Crippen molar-refractivity contribution in [2.75, 3.05) is 13.1 Å². The van der Waals surface area contributed by atoms with Crippen LogP contribution in [0.15, 0.2) is 12.1 Å². The van der Waals surface area contributed by atoms with Crippen LogP contribution in [0.25, 0.3) is 0 Å². The van der Waals surface area contributed by atoms with Crippen molar-refractivity contribution >= 4 is 17.2 Å². The van der Waals surface area contributed by atoms with Crippen molar-refractivity contribution < 1.29 is 4.79 Å². The van der Waals surface area contributed by atoms with E-state index in [2.05, 4.69) is 24.1 Å². The van der Waals surface area contributed by atoms with Gasteiger partial charge in [0, 0.05) is 6.54 Å². The Kier molecular flexibility index (Phi) is 5.63. The Balaban J connectivity index is 1.83. The van der Waals surface area contributed by atoms with E-state index in [1.54, 1.807) is 0 Å². The van der Waals surface area contributed by atoms with Gasteiger partial charge in [-0.15, -0.1) is 11.3 Å². The van der Waals surface area contributed by atoms with Crippen LogP contribution in [0.3, 0.4) is 0 Å². The van der Waals surface area contributed by atoms with E-state index in [0.717, 1.165) is 22.2 Å². The van der Waals surface area contributed by atoms with E-state index < -0.39 is 0 Å². The van der Waals surface area contributed by atoms with Crippen LogP contribution in [0.2, 0.25) is 0 Å². The molecule has 3 N–H and O–H groups in total. The van der Waals surface area contributed by atoms with Gasteiger partial charge in [-0.3, -0.25) is 4.79 Å². The van der Waals surface area contributed by atoms with Crippen molar-refractivity contribution in [2.45, 2.75) is 32.6 Å². The number of nitrogens with one attached hydrogen (secondary N) is 1. The van der Waals surface area contributed by atoms with E-state index in [1.165, 1.54) is 37.0 Å². The second-order valence-corrected chi connectivity index (χ2v) is 6.60. The van der Waals surface area contributed by atoms with Crippen LogP contribution in [0, 0.1) is 23.7 Å². The summed E-state index contributed by atoms with van der Waals surface area (Å²) in [5.41, 5.74) is 5.34. The average Bonchev–Trinajstić information content (AvgIpc) is 2.91. The van der Waals surface area contributed by atoms with Crippen LogP contribution in [0.4, 0.5) is 0 Å². The first-order chi connectivity index (χ1) is 9.69. The fourth-order valence-electron chi connectivity index (χ4n) is 2.73. The molecular weight excluding hydrogens is 268 g/mol. The number of nitrogens with two attached hydrogens (primary N) is 1. The van der Waals surface area contributed by atoms with Gasteiger partial charge in [0.05, 0.1) is 16.3 Å². The zero-order chi connectivity index (χ0) is 14.4. The number of hydrogen-bond donors (Lipinski definition) is 2.